The van der Waals surface area contributed by atoms with Crippen molar-refractivity contribution in [3.8, 4) is 5.75 Å². The van der Waals surface area contributed by atoms with E-state index >= 15 is 0 Å². The lowest BCUT2D eigenvalue weighted by Gasteiger charge is -2.26. The van der Waals surface area contributed by atoms with Crippen molar-refractivity contribution >= 4 is 11.7 Å². The normalized spacial score (nSPS) is 15.1. The van der Waals surface area contributed by atoms with Crippen molar-refractivity contribution in [3.63, 3.8) is 0 Å². The van der Waals surface area contributed by atoms with E-state index in [0.29, 0.717) is 36.8 Å². The summed E-state index contributed by atoms with van der Waals surface area (Å²) in [5, 5.41) is 0. The first kappa shape index (κ1) is 11.7. The molecule has 0 bridgehead atoms. The molecular weight excluding hydrogens is 222 g/mol. The molecule has 0 saturated carbocycles. The summed E-state index contributed by atoms with van der Waals surface area (Å²) in [5.41, 5.74) is 6.56. The Kier molecular flexibility index (Phi) is 3.49. The Hall–Kier alpha value is -1.75. The van der Waals surface area contributed by atoms with Crippen LogP contribution in [-0.2, 0) is 9.47 Å². The maximum atomic E-state index is 11.9. The fourth-order valence-electron chi connectivity index (χ4n) is 1.52. The largest absolute Gasteiger partial charge is 0.491 e. The van der Waals surface area contributed by atoms with E-state index in [2.05, 4.69) is 0 Å². The first-order valence-electron chi connectivity index (χ1n) is 5.52. The minimum Gasteiger partial charge on any atom is -0.491 e. The standard InChI is InChI=1S/C12H15NO4/c1-2-16-11-9(4-3-5-10(11)13)12(14)17-8-6-15-7-8/h3-5,8H,2,6-7,13H2,1H3. The minimum absolute atomic E-state index is 0.154. The maximum Gasteiger partial charge on any atom is 0.342 e. The van der Waals surface area contributed by atoms with E-state index in [9.17, 15) is 4.79 Å². The maximum absolute atomic E-state index is 11.9. The molecule has 0 atom stereocenters. The van der Waals surface area contributed by atoms with Gasteiger partial charge in [0.15, 0.2) is 5.75 Å². The highest BCUT2D eigenvalue weighted by atomic mass is 16.6. The molecule has 2 N–H and O–H groups in total. The number of ether oxygens (including phenoxy) is 3. The van der Waals surface area contributed by atoms with Gasteiger partial charge >= 0.3 is 5.97 Å². The zero-order valence-corrected chi connectivity index (χ0v) is 9.64. The van der Waals surface area contributed by atoms with Gasteiger partial charge < -0.3 is 19.9 Å². The average molecular weight is 237 g/mol. The summed E-state index contributed by atoms with van der Waals surface area (Å²) >= 11 is 0. The number of esters is 1. The van der Waals surface area contributed by atoms with E-state index < -0.39 is 5.97 Å². The van der Waals surface area contributed by atoms with Crippen molar-refractivity contribution < 1.29 is 19.0 Å². The molecule has 0 aromatic heterocycles. The van der Waals surface area contributed by atoms with Gasteiger partial charge in [0, 0.05) is 0 Å². The van der Waals surface area contributed by atoms with E-state index in [0.717, 1.165) is 0 Å². The lowest BCUT2D eigenvalue weighted by Crippen LogP contribution is -2.37. The number of rotatable bonds is 4. The Bertz CT molecular complexity index is 415. The number of para-hydroxylation sites is 1. The van der Waals surface area contributed by atoms with Crippen LogP contribution in [0.2, 0.25) is 0 Å². The highest BCUT2D eigenvalue weighted by Crippen LogP contribution is 2.27. The molecule has 2 rings (SSSR count). The lowest BCUT2D eigenvalue weighted by atomic mass is 10.1. The highest BCUT2D eigenvalue weighted by molar-refractivity contribution is 5.94. The quantitative estimate of drug-likeness (QED) is 0.629. The summed E-state index contributed by atoms with van der Waals surface area (Å²) in [6.07, 6.45) is -0.154. The van der Waals surface area contributed by atoms with Gasteiger partial charge in [-0.2, -0.15) is 0 Å². The fraction of sp³-hybridized carbons (Fsp3) is 0.417. The lowest BCUT2D eigenvalue weighted by molar-refractivity contribution is -0.103. The van der Waals surface area contributed by atoms with Crippen molar-refractivity contribution in [1.82, 2.24) is 0 Å². The number of anilines is 1. The number of hydrogen-bond acceptors (Lipinski definition) is 5. The van der Waals surface area contributed by atoms with Gasteiger partial charge in [-0.15, -0.1) is 0 Å². The van der Waals surface area contributed by atoms with Gasteiger partial charge in [0.25, 0.3) is 0 Å². The van der Waals surface area contributed by atoms with Crippen LogP contribution in [0.5, 0.6) is 5.75 Å². The molecule has 0 unspecified atom stereocenters. The Morgan fingerprint density at radius 3 is 2.88 bits per heavy atom. The van der Waals surface area contributed by atoms with Gasteiger partial charge in [0.2, 0.25) is 0 Å². The zero-order chi connectivity index (χ0) is 12.3. The van der Waals surface area contributed by atoms with Crippen molar-refractivity contribution in [2.45, 2.75) is 13.0 Å². The Morgan fingerprint density at radius 1 is 1.53 bits per heavy atom. The third-order valence-electron chi connectivity index (χ3n) is 2.44. The number of hydrogen-bond donors (Lipinski definition) is 1. The van der Waals surface area contributed by atoms with Crippen LogP contribution >= 0.6 is 0 Å². The third kappa shape index (κ3) is 2.50. The van der Waals surface area contributed by atoms with Crippen molar-refractivity contribution in [1.29, 1.82) is 0 Å². The van der Waals surface area contributed by atoms with Crippen molar-refractivity contribution in [2.24, 2.45) is 0 Å². The summed E-state index contributed by atoms with van der Waals surface area (Å²) in [6.45, 7) is 3.19. The second-order valence-corrected chi connectivity index (χ2v) is 3.72. The number of nitrogen functional groups attached to an aromatic ring is 1. The number of nitrogens with two attached hydrogens (primary N) is 1. The Balaban J connectivity index is 2.17. The first-order valence-corrected chi connectivity index (χ1v) is 5.52. The van der Waals surface area contributed by atoms with Gasteiger partial charge in [-0.1, -0.05) is 6.07 Å². The molecule has 1 aliphatic heterocycles. The average Bonchev–Trinajstić information content (AvgIpc) is 2.26. The fourth-order valence-corrected chi connectivity index (χ4v) is 1.52. The molecule has 0 aliphatic carbocycles. The third-order valence-corrected chi connectivity index (χ3v) is 2.44. The van der Waals surface area contributed by atoms with E-state index in [1.165, 1.54) is 0 Å². The molecule has 5 heteroatoms. The molecule has 1 aromatic carbocycles. The summed E-state index contributed by atoms with van der Waals surface area (Å²) in [4.78, 5) is 11.9. The van der Waals surface area contributed by atoms with Crippen LogP contribution in [0, 0.1) is 0 Å². The summed E-state index contributed by atoms with van der Waals surface area (Å²) in [6, 6.07) is 5.03. The predicted molar refractivity (Wildman–Crippen MR) is 62.0 cm³/mol. The number of carbonyl (C=O) groups excluding carboxylic acids is 1. The van der Waals surface area contributed by atoms with Crippen LogP contribution in [0.1, 0.15) is 17.3 Å². The second-order valence-electron chi connectivity index (χ2n) is 3.72. The molecule has 1 aliphatic rings. The number of carbonyl (C=O) groups is 1. The molecule has 1 saturated heterocycles. The summed E-state index contributed by atoms with van der Waals surface area (Å²) in [7, 11) is 0. The van der Waals surface area contributed by atoms with Crippen LogP contribution in [0.25, 0.3) is 0 Å². The van der Waals surface area contributed by atoms with E-state index in [4.69, 9.17) is 19.9 Å². The zero-order valence-electron chi connectivity index (χ0n) is 9.64. The van der Waals surface area contributed by atoms with Crippen molar-refractivity contribution in [2.75, 3.05) is 25.6 Å². The first-order chi connectivity index (χ1) is 8.22. The highest BCUT2D eigenvalue weighted by Gasteiger charge is 2.25. The summed E-state index contributed by atoms with van der Waals surface area (Å²) < 4.78 is 15.5. The van der Waals surface area contributed by atoms with Gasteiger partial charge in [-0.3, -0.25) is 0 Å². The molecule has 1 fully saturated rings. The van der Waals surface area contributed by atoms with E-state index in [1.54, 1.807) is 18.2 Å². The smallest absolute Gasteiger partial charge is 0.342 e. The number of benzene rings is 1. The Morgan fingerprint density at radius 2 is 2.29 bits per heavy atom. The van der Waals surface area contributed by atoms with Crippen LogP contribution in [0.3, 0.4) is 0 Å². The van der Waals surface area contributed by atoms with Crippen LogP contribution in [-0.4, -0.2) is 31.9 Å². The van der Waals surface area contributed by atoms with E-state index in [1.807, 2.05) is 6.92 Å². The molecule has 0 radical (unpaired) electrons. The molecule has 0 amide bonds. The van der Waals surface area contributed by atoms with Crippen LogP contribution < -0.4 is 10.5 Å². The molecule has 1 aromatic rings. The minimum atomic E-state index is -0.422. The molecule has 92 valence electrons. The van der Waals surface area contributed by atoms with Crippen LogP contribution in [0.4, 0.5) is 5.69 Å². The summed E-state index contributed by atoms with van der Waals surface area (Å²) in [5.74, 6) is -0.0331. The van der Waals surface area contributed by atoms with Crippen molar-refractivity contribution in [3.05, 3.63) is 23.8 Å². The molecule has 17 heavy (non-hydrogen) atoms. The Labute approximate surface area is 99.5 Å². The monoisotopic (exact) mass is 237 g/mol. The second kappa shape index (κ2) is 5.05. The van der Waals surface area contributed by atoms with E-state index in [-0.39, 0.29) is 6.10 Å². The SMILES string of the molecule is CCOc1c(N)cccc1C(=O)OC1COC1. The molecule has 5 nitrogen and oxygen atoms in total. The van der Waals surface area contributed by atoms with Gasteiger partial charge in [-0.25, -0.2) is 4.79 Å². The van der Waals surface area contributed by atoms with Gasteiger partial charge in [-0.05, 0) is 19.1 Å². The molecular formula is C12H15NO4. The van der Waals surface area contributed by atoms with Gasteiger partial charge in [0.05, 0.1) is 25.5 Å². The van der Waals surface area contributed by atoms with Gasteiger partial charge in [0.1, 0.15) is 11.7 Å². The topological polar surface area (TPSA) is 70.8 Å². The van der Waals surface area contributed by atoms with Crippen LogP contribution in [0.15, 0.2) is 18.2 Å². The molecule has 1 heterocycles. The predicted octanol–water partition coefficient (Wildman–Crippen LogP) is 1.22. The molecule has 0 spiro atoms.